The van der Waals surface area contributed by atoms with Crippen molar-refractivity contribution in [1.82, 2.24) is 0 Å². The van der Waals surface area contributed by atoms with Gasteiger partial charge < -0.3 is 14.2 Å². The van der Waals surface area contributed by atoms with Gasteiger partial charge in [0.05, 0.1) is 32.7 Å². The summed E-state index contributed by atoms with van der Waals surface area (Å²) in [5.41, 5.74) is 2.92. The lowest BCUT2D eigenvalue weighted by Crippen LogP contribution is -2.37. The Kier molecular flexibility index (Phi) is 5.82. The summed E-state index contributed by atoms with van der Waals surface area (Å²) < 4.78 is 16.8. The Hall–Kier alpha value is -4.04. The van der Waals surface area contributed by atoms with E-state index >= 15 is 0 Å². The molecule has 2 amide bonds. The van der Waals surface area contributed by atoms with Gasteiger partial charge in [0.15, 0.2) is 17.6 Å². The van der Waals surface area contributed by atoms with E-state index < -0.39 is 24.0 Å². The van der Waals surface area contributed by atoms with Crippen molar-refractivity contribution in [2.24, 2.45) is 5.92 Å². The summed E-state index contributed by atoms with van der Waals surface area (Å²) in [6.07, 6.45) is -0.980. The van der Waals surface area contributed by atoms with Crippen LogP contribution in [0.15, 0.2) is 66.7 Å². The van der Waals surface area contributed by atoms with Crippen LogP contribution in [-0.2, 0) is 14.4 Å². The molecule has 2 saturated heterocycles. The van der Waals surface area contributed by atoms with E-state index in [1.807, 2.05) is 55.5 Å². The van der Waals surface area contributed by atoms with Crippen LogP contribution in [0.25, 0.3) is 0 Å². The van der Waals surface area contributed by atoms with Crippen LogP contribution in [0.5, 0.6) is 17.2 Å². The smallest absolute Gasteiger partial charge is 0.266 e. The van der Waals surface area contributed by atoms with Crippen LogP contribution in [0, 0.1) is 12.8 Å². The lowest BCUT2D eigenvalue weighted by Gasteiger charge is -2.30. The third kappa shape index (κ3) is 3.57. The Labute approximate surface area is 203 Å². The van der Waals surface area contributed by atoms with Crippen molar-refractivity contribution in [3.63, 3.8) is 0 Å². The molecule has 2 aliphatic rings. The number of carbonyl (C=O) groups excluding carboxylic acids is 2. The molecule has 2 aliphatic heterocycles. The number of carbonyl (C=O) groups is 2. The van der Waals surface area contributed by atoms with Gasteiger partial charge in [-0.25, -0.2) is 9.96 Å². The predicted octanol–water partition coefficient (Wildman–Crippen LogP) is 4.07. The first-order valence-electron chi connectivity index (χ1n) is 11.2. The number of benzene rings is 3. The maximum Gasteiger partial charge on any atom is 0.266 e. The standard InChI is InChI=1S/C27H26N2O6/c1-16-10-12-17(13-11-16)28-26(30)21-22(19-14-15-20(32-2)24(34-4)23(19)33-3)29(35-25(21)27(28)31)18-8-6-5-7-9-18/h5-15,21-22,25H,1-4H3/t21-,22+,25-/m0/s1. The zero-order valence-corrected chi connectivity index (χ0v) is 19.9. The Morgan fingerprint density at radius 3 is 2.06 bits per heavy atom. The van der Waals surface area contributed by atoms with Gasteiger partial charge in [-0.3, -0.25) is 14.4 Å². The largest absolute Gasteiger partial charge is 0.493 e. The van der Waals surface area contributed by atoms with Crippen molar-refractivity contribution >= 4 is 23.2 Å². The highest BCUT2D eigenvalue weighted by molar-refractivity contribution is 6.24. The molecule has 0 spiro atoms. The number of anilines is 2. The highest BCUT2D eigenvalue weighted by atomic mass is 16.7. The number of ether oxygens (including phenoxy) is 3. The Balaban J connectivity index is 1.65. The Morgan fingerprint density at radius 2 is 1.43 bits per heavy atom. The van der Waals surface area contributed by atoms with E-state index in [9.17, 15) is 9.59 Å². The molecule has 3 aromatic rings. The Morgan fingerprint density at radius 1 is 0.743 bits per heavy atom. The second-order valence-electron chi connectivity index (χ2n) is 8.43. The average Bonchev–Trinajstić information content (AvgIpc) is 3.39. The van der Waals surface area contributed by atoms with E-state index in [1.165, 1.54) is 19.1 Å². The molecule has 35 heavy (non-hydrogen) atoms. The van der Waals surface area contributed by atoms with Crippen molar-refractivity contribution < 1.29 is 28.6 Å². The summed E-state index contributed by atoms with van der Waals surface area (Å²) >= 11 is 0. The third-order valence-electron chi connectivity index (χ3n) is 6.47. The van der Waals surface area contributed by atoms with Gasteiger partial charge in [-0.05, 0) is 43.3 Å². The number of fused-ring (bicyclic) bond motifs is 1. The second kappa shape index (κ2) is 8.96. The van der Waals surface area contributed by atoms with Crippen LogP contribution in [0.4, 0.5) is 11.4 Å². The molecular weight excluding hydrogens is 448 g/mol. The van der Waals surface area contributed by atoms with E-state index in [0.29, 0.717) is 34.2 Å². The molecule has 3 atom stereocenters. The van der Waals surface area contributed by atoms with Gasteiger partial charge in [-0.1, -0.05) is 35.9 Å². The SMILES string of the molecule is COc1ccc([C@@H]2[C@@H]3C(=O)N(c4ccc(C)cc4)C(=O)[C@H]3ON2c2ccccc2)c(OC)c1OC. The van der Waals surface area contributed by atoms with Gasteiger partial charge in [0.1, 0.15) is 12.0 Å². The predicted molar refractivity (Wildman–Crippen MR) is 130 cm³/mol. The zero-order chi connectivity index (χ0) is 24.7. The van der Waals surface area contributed by atoms with Crippen LogP contribution in [0.1, 0.15) is 17.2 Å². The molecule has 8 heteroatoms. The fourth-order valence-corrected chi connectivity index (χ4v) is 4.83. The summed E-state index contributed by atoms with van der Waals surface area (Å²) in [7, 11) is 4.60. The molecule has 8 nitrogen and oxygen atoms in total. The molecule has 0 aromatic heterocycles. The molecule has 0 saturated carbocycles. The number of hydrogen-bond donors (Lipinski definition) is 0. The summed E-state index contributed by atoms with van der Waals surface area (Å²) in [5, 5.41) is 1.63. The molecule has 0 bridgehead atoms. The van der Waals surface area contributed by atoms with Gasteiger partial charge in [-0.2, -0.15) is 0 Å². The highest BCUT2D eigenvalue weighted by Gasteiger charge is 2.61. The van der Waals surface area contributed by atoms with Gasteiger partial charge in [0, 0.05) is 5.56 Å². The minimum atomic E-state index is -0.980. The summed E-state index contributed by atoms with van der Waals surface area (Å²) in [5.74, 6) is -0.219. The van der Waals surface area contributed by atoms with E-state index in [-0.39, 0.29) is 5.91 Å². The van der Waals surface area contributed by atoms with Crippen molar-refractivity contribution in [2.75, 3.05) is 31.3 Å². The quantitative estimate of drug-likeness (QED) is 0.499. The molecule has 2 fully saturated rings. The molecular formula is C27H26N2O6. The van der Waals surface area contributed by atoms with Crippen LogP contribution in [-0.4, -0.2) is 39.2 Å². The van der Waals surface area contributed by atoms with Gasteiger partial charge in [-0.15, -0.1) is 0 Å². The number of nitrogens with zero attached hydrogens (tertiary/aromatic N) is 2. The minimum absolute atomic E-state index is 0.330. The van der Waals surface area contributed by atoms with Gasteiger partial charge in [0.2, 0.25) is 11.7 Å². The summed E-state index contributed by atoms with van der Waals surface area (Å²) in [6, 6.07) is 19.6. The Bertz CT molecular complexity index is 1260. The molecule has 0 radical (unpaired) electrons. The van der Waals surface area contributed by atoms with Crippen LogP contribution >= 0.6 is 0 Å². The number of rotatable bonds is 6. The molecule has 3 aromatic carbocycles. The lowest BCUT2D eigenvalue weighted by molar-refractivity contribution is -0.126. The second-order valence-corrected chi connectivity index (χ2v) is 8.43. The van der Waals surface area contributed by atoms with E-state index in [4.69, 9.17) is 19.0 Å². The first kappa shape index (κ1) is 22.7. The minimum Gasteiger partial charge on any atom is -0.493 e. The number of hydrogen-bond acceptors (Lipinski definition) is 7. The number of methoxy groups -OCH3 is 3. The van der Waals surface area contributed by atoms with E-state index in [1.54, 1.807) is 30.4 Å². The van der Waals surface area contributed by atoms with Gasteiger partial charge in [0.25, 0.3) is 5.91 Å². The maximum absolute atomic E-state index is 13.8. The maximum atomic E-state index is 13.8. The fourth-order valence-electron chi connectivity index (χ4n) is 4.83. The lowest BCUT2D eigenvalue weighted by atomic mass is 9.89. The number of aryl methyl sites for hydroxylation is 1. The van der Waals surface area contributed by atoms with Crippen molar-refractivity contribution in [1.29, 1.82) is 0 Å². The third-order valence-corrected chi connectivity index (χ3v) is 6.47. The van der Waals surface area contributed by atoms with Crippen LogP contribution < -0.4 is 24.2 Å². The average molecular weight is 475 g/mol. The summed E-state index contributed by atoms with van der Waals surface area (Å²) in [4.78, 5) is 34.8. The molecule has 0 unspecified atom stereocenters. The molecule has 5 rings (SSSR count). The molecule has 2 heterocycles. The van der Waals surface area contributed by atoms with Crippen molar-refractivity contribution in [2.45, 2.75) is 19.1 Å². The number of para-hydroxylation sites is 1. The molecule has 0 N–H and O–H groups in total. The number of amides is 2. The first-order chi connectivity index (χ1) is 17.0. The summed E-state index contributed by atoms with van der Waals surface area (Å²) in [6.45, 7) is 1.95. The van der Waals surface area contributed by atoms with E-state index in [2.05, 4.69) is 0 Å². The topological polar surface area (TPSA) is 77.5 Å². The first-order valence-corrected chi connectivity index (χ1v) is 11.2. The zero-order valence-electron chi connectivity index (χ0n) is 19.9. The van der Waals surface area contributed by atoms with Crippen molar-refractivity contribution in [3.8, 4) is 17.2 Å². The molecule has 0 aliphatic carbocycles. The highest BCUT2D eigenvalue weighted by Crippen LogP contribution is 2.52. The van der Waals surface area contributed by atoms with Gasteiger partial charge >= 0.3 is 0 Å². The monoisotopic (exact) mass is 474 g/mol. The normalized spacial score (nSPS) is 21.3. The molecule has 180 valence electrons. The van der Waals surface area contributed by atoms with E-state index in [0.717, 1.165) is 5.56 Å². The fraction of sp³-hybridized carbons (Fsp3) is 0.259. The number of imide groups is 1. The van der Waals surface area contributed by atoms with Crippen molar-refractivity contribution in [3.05, 3.63) is 77.9 Å². The number of hydroxylamine groups is 1. The van der Waals surface area contributed by atoms with Crippen LogP contribution in [0.3, 0.4) is 0 Å². The van der Waals surface area contributed by atoms with Crippen LogP contribution in [0.2, 0.25) is 0 Å².